The summed E-state index contributed by atoms with van der Waals surface area (Å²) in [6, 6.07) is 8.75. The maximum absolute atomic E-state index is 5.25. The lowest BCUT2D eigenvalue weighted by Gasteiger charge is -2.17. The Morgan fingerprint density at radius 2 is 0.958 bits per heavy atom. The quantitative estimate of drug-likeness (QED) is 0.340. The monoisotopic (exact) mass is 338 g/mol. The Labute approximate surface area is 147 Å². The number of hydrogen-bond acceptors (Lipinski definition) is 4. The van der Waals surface area contributed by atoms with Crippen molar-refractivity contribution in [1.82, 2.24) is 0 Å². The summed E-state index contributed by atoms with van der Waals surface area (Å²) in [7, 11) is 0. The molecule has 0 aliphatic heterocycles. The van der Waals surface area contributed by atoms with Crippen molar-refractivity contribution in [2.75, 3.05) is 13.2 Å². The molecule has 0 saturated heterocycles. The Morgan fingerprint density at radius 3 is 1.25 bits per heavy atom. The third kappa shape index (κ3) is 11.6. The standard InChI is InChI=1S/C20H34O4/c1-19(2,3)23-21-15-7-9-17-11-13-18(14-12-17)10-8-16-22-24-20(4,5)6/h11-14H,7-10,15-16H2,1-6H3. The molecule has 0 aliphatic carbocycles. The molecule has 0 atom stereocenters. The van der Waals surface area contributed by atoms with Crippen molar-refractivity contribution >= 4 is 0 Å². The van der Waals surface area contributed by atoms with Crippen molar-refractivity contribution in [1.29, 1.82) is 0 Å². The van der Waals surface area contributed by atoms with Gasteiger partial charge in [-0.05, 0) is 78.4 Å². The first kappa shape index (κ1) is 21.1. The van der Waals surface area contributed by atoms with Gasteiger partial charge in [-0.3, -0.25) is 0 Å². The summed E-state index contributed by atoms with van der Waals surface area (Å²) >= 11 is 0. The fraction of sp³-hybridized carbons (Fsp3) is 0.700. The highest BCUT2D eigenvalue weighted by Crippen LogP contribution is 2.11. The van der Waals surface area contributed by atoms with Crippen LogP contribution in [0.4, 0.5) is 0 Å². The van der Waals surface area contributed by atoms with Crippen molar-refractivity contribution in [2.24, 2.45) is 0 Å². The van der Waals surface area contributed by atoms with E-state index in [1.54, 1.807) is 0 Å². The molecule has 0 aliphatic rings. The molecule has 138 valence electrons. The maximum Gasteiger partial charge on any atom is 0.0952 e. The van der Waals surface area contributed by atoms with Crippen LogP contribution in [0.5, 0.6) is 0 Å². The average Bonchev–Trinajstić information content (AvgIpc) is 2.45. The first-order chi connectivity index (χ1) is 11.2. The molecule has 0 saturated carbocycles. The number of rotatable bonds is 10. The molecule has 0 unspecified atom stereocenters. The van der Waals surface area contributed by atoms with E-state index in [1.165, 1.54) is 11.1 Å². The molecular weight excluding hydrogens is 304 g/mol. The van der Waals surface area contributed by atoms with E-state index in [0.717, 1.165) is 25.7 Å². The van der Waals surface area contributed by atoms with Crippen molar-refractivity contribution in [2.45, 2.75) is 78.4 Å². The summed E-state index contributed by atoms with van der Waals surface area (Å²) < 4.78 is 0. The van der Waals surface area contributed by atoms with E-state index in [0.29, 0.717) is 13.2 Å². The fourth-order valence-electron chi connectivity index (χ4n) is 1.98. The van der Waals surface area contributed by atoms with Crippen molar-refractivity contribution < 1.29 is 19.6 Å². The van der Waals surface area contributed by atoms with Crippen LogP contribution in [0.2, 0.25) is 0 Å². The minimum atomic E-state index is -0.247. The van der Waals surface area contributed by atoms with E-state index in [4.69, 9.17) is 19.6 Å². The summed E-state index contributed by atoms with van der Waals surface area (Å²) in [6.45, 7) is 13.1. The average molecular weight is 338 g/mol. The molecule has 4 heteroatoms. The van der Waals surface area contributed by atoms with Gasteiger partial charge in [-0.2, -0.15) is 0 Å². The topological polar surface area (TPSA) is 36.9 Å². The lowest BCUT2D eigenvalue weighted by Crippen LogP contribution is -2.19. The predicted molar refractivity (Wildman–Crippen MR) is 96.7 cm³/mol. The van der Waals surface area contributed by atoms with Crippen LogP contribution in [0, 0.1) is 0 Å². The van der Waals surface area contributed by atoms with E-state index in [1.807, 2.05) is 41.5 Å². The van der Waals surface area contributed by atoms with Crippen molar-refractivity contribution in [3.8, 4) is 0 Å². The number of benzene rings is 1. The van der Waals surface area contributed by atoms with Gasteiger partial charge in [0.05, 0.1) is 24.4 Å². The molecule has 0 aromatic heterocycles. The van der Waals surface area contributed by atoms with Crippen molar-refractivity contribution in [3.63, 3.8) is 0 Å². The largest absolute Gasteiger partial charge is 0.236 e. The molecule has 0 bridgehead atoms. The third-order valence-electron chi connectivity index (χ3n) is 3.03. The second-order valence-electron chi connectivity index (χ2n) is 8.06. The molecule has 1 rings (SSSR count). The summed E-state index contributed by atoms with van der Waals surface area (Å²) in [6.07, 6.45) is 3.90. The van der Waals surface area contributed by atoms with Gasteiger partial charge in [0.15, 0.2) is 0 Å². The van der Waals surface area contributed by atoms with Gasteiger partial charge in [0.2, 0.25) is 0 Å². The van der Waals surface area contributed by atoms with Crippen LogP contribution in [0.3, 0.4) is 0 Å². The Morgan fingerprint density at radius 1 is 0.625 bits per heavy atom. The van der Waals surface area contributed by atoms with E-state index in [-0.39, 0.29) is 11.2 Å². The Hall–Kier alpha value is -0.940. The van der Waals surface area contributed by atoms with E-state index in [2.05, 4.69) is 24.3 Å². The van der Waals surface area contributed by atoms with Gasteiger partial charge in [0.25, 0.3) is 0 Å². The summed E-state index contributed by atoms with van der Waals surface area (Å²) in [5, 5.41) is 0. The molecule has 0 fully saturated rings. The number of hydrogen-bond donors (Lipinski definition) is 0. The minimum Gasteiger partial charge on any atom is -0.236 e. The molecule has 0 amide bonds. The molecule has 24 heavy (non-hydrogen) atoms. The van der Waals surface area contributed by atoms with Crippen LogP contribution in [-0.2, 0) is 32.4 Å². The smallest absolute Gasteiger partial charge is 0.0952 e. The molecule has 0 heterocycles. The molecule has 0 N–H and O–H groups in total. The molecule has 0 spiro atoms. The van der Waals surface area contributed by atoms with E-state index >= 15 is 0 Å². The highest BCUT2D eigenvalue weighted by atomic mass is 17.2. The van der Waals surface area contributed by atoms with Crippen LogP contribution >= 0.6 is 0 Å². The lowest BCUT2D eigenvalue weighted by atomic mass is 10.0. The zero-order chi connectivity index (χ0) is 18.1. The van der Waals surface area contributed by atoms with Gasteiger partial charge in [0, 0.05) is 0 Å². The highest BCUT2D eigenvalue weighted by molar-refractivity contribution is 5.22. The summed E-state index contributed by atoms with van der Waals surface area (Å²) in [5.41, 5.74) is 2.16. The van der Waals surface area contributed by atoms with Gasteiger partial charge in [-0.25, -0.2) is 19.6 Å². The van der Waals surface area contributed by atoms with Crippen LogP contribution in [0.15, 0.2) is 24.3 Å². The normalized spacial score (nSPS) is 12.6. The lowest BCUT2D eigenvalue weighted by molar-refractivity contribution is -0.348. The molecule has 1 aromatic carbocycles. The minimum absolute atomic E-state index is 0.247. The number of aryl methyl sites for hydroxylation is 2. The Bertz CT molecular complexity index is 397. The molecule has 4 nitrogen and oxygen atoms in total. The van der Waals surface area contributed by atoms with Crippen LogP contribution in [0.25, 0.3) is 0 Å². The van der Waals surface area contributed by atoms with Gasteiger partial charge in [-0.1, -0.05) is 24.3 Å². The van der Waals surface area contributed by atoms with E-state index in [9.17, 15) is 0 Å². The zero-order valence-electron chi connectivity index (χ0n) is 16.2. The van der Waals surface area contributed by atoms with Crippen LogP contribution < -0.4 is 0 Å². The van der Waals surface area contributed by atoms with Crippen molar-refractivity contribution in [3.05, 3.63) is 35.4 Å². The first-order valence-corrected chi connectivity index (χ1v) is 8.85. The third-order valence-corrected chi connectivity index (χ3v) is 3.03. The Balaban J connectivity index is 2.14. The SMILES string of the molecule is CC(C)(C)OOCCCc1ccc(CCCOOC(C)(C)C)cc1. The van der Waals surface area contributed by atoms with Crippen LogP contribution in [0.1, 0.15) is 65.5 Å². The van der Waals surface area contributed by atoms with Gasteiger partial charge < -0.3 is 0 Å². The van der Waals surface area contributed by atoms with Gasteiger partial charge >= 0.3 is 0 Å². The van der Waals surface area contributed by atoms with Gasteiger partial charge in [0.1, 0.15) is 0 Å². The second-order valence-corrected chi connectivity index (χ2v) is 8.06. The maximum atomic E-state index is 5.25. The van der Waals surface area contributed by atoms with Crippen LogP contribution in [-0.4, -0.2) is 24.4 Å². The Kier molecular flexibility index (Phi) is 8.92. The second kappa shape index (κ2) is 10.1. The highest BCUT2D eigenvalue weighted by Gasteiger charge is 2.11. The van der Waals surface area contributed by atoms with E-state index < -0.39 is 0 Å². The fourth-order valence-corrected chi connectivity index (χ4v) is 1.98. The molecule has 0 radical (unpaired) electrons. The zero-order valence-corrected chi connectivity index (χ0v) is 16.2. The first-order valence-electron chi connectivity index (χ1n) is 8.85. The summed E-state index contributed by atoms with van der Waals surface area (Å²) in [4.78, 5) is 20.9. The summed E-state index contributed by atoms with van der Waals surface area (Å²) in [5.74, 6) is 0. The predicted octanol–water partition coefficient (Wildman–Crippen LogP) is 5.05. The van der Waals surface area contributed by atoms with Gasteiger partial charge in [-0.15, -0.1) is 0 Å². The molecular formula is C20H34O4. The molecule has 1 aromatic rings.